The first kappa shape index (κ1) is 27.6. The first-order valence-electron chi connectivity index (χ1n) is 13.8. The molecule has 0 spiro atoms. The van der Waals surface area contributed by atoms with Crippen molar-refractivity contribution in [3.63, 3.8) is 0 Å². The molecule has 6 nitrogen and oxygen atoms in total. The summed E-state index contributed by atoms with van der Waals surface area (Å²) in [7, 11) is -3.78. The molecule has 206 valence electrons. The van der Waals surface area contributed by atoms with Gasteiger partial charge in [-0.1, -0.05) is 79.2 Å². The summed E-state index contributed by atoms with van der Waals surface area (Å²) in [5.41, 5.74) is 4.28. The van der Waals surface area contributed by atoms with E-state index < -0.39 is 10.0 Å². The van der Waals surface area contributed by atoms with E-state index in [1.165, 1.54) is 29.1 Å². The number of sulfonamides is 1. The molecule has 4 aromatic carbocycles. The monoisotopic (exact) mass is 553 g/mol. The van der Waals surface area contributed by atoms with Crippen molar-refractivity contribution in [2.24, 2.45) is 0 Å². The lowest BCUT2D eigenvalue weighted by Gasteiger charge is -2.27. The standard InChI is InChI=1S/C33H35N3O3S/c37-33(34-24-29-12-8-9-13-30(29)26-35-22-10-3-11-23-35)28-20-18-27(19-21-28)25-36(31-14-4-1-5-15-31)40(38,39)32-16-6-2-7-17-32/h1-2,4-9,12-21H,3,10-11,22-26H2,(H,34,37). The predicted octanol–water partition coefficient (Wildman–Crippen LogP) is 6.00. The minimum absolute atomic E-state index is 0.146. The number of nitrogens with one attached hydrogen (secondary N) is 1. The van der Waals surface area contributed by atoms with Crippen LogP contribution in [0.2, 0.25) is 0 Å². The fraction of sp³-hybridized carbons (Fsp3) is 0.242. The van der Waals surface area contributed by atoms with Crippen molar-refractivity contribution in [3.05, 3.63) is 131 Å². The topological polar surface area (TPSA) is 69.7 Å². The van der Waals surface area contributed by atoms with E-state index in [1.54, 1.807) is 54.6 Å². The largest absolute Gasteiger partial charge is 0.348 e. The number of nitrogens with zero attached hydrogens (tertiary/aromatic N) is 2. The highest BCUT2D eigenvalue weighted by Gasteiger charge is 2.25. The maximum atomic E-state index is 13.5. The van der Waals surface area contributed by atoms with Gasteiger partial charge in [0.1, 0.15) is 0 Å². The number of hydrogen-bond acceptors (Lipinski definition) is 4. The first-order chi connectivity index (χ1) is 19.5. The average Bonchev–Trinajstić information content (AvgIpc) is 3.01. The molecule has 0 radical (unpaired) electrons. The Labute approximate surface area is 237 Å². The number of anilines is 1. The Morgan fingerprint density at radius 3 is 2.00 bits per heavy atom. The Balaban J connectivity index is 1.27. The van der Waals surface area contributed by atoms with E-state index in [-0.39, 0.29) is 17.3 Å². The van der Waals surface area contributed by atoms with Crippen LogP contribution in [0.5, 0.6) is 0 Å². The lowest BCUT2D eigenvalue weighted by atomic mass is 10.0. The number of likely N-dealkylation sites (tertiary alicyclic amines) is 1. The second-order valence-corrected chi connectivity index (χ2v) is 12.0. The van der Waals surface area contributed by atoms with Crippen molar-refractivity contribution in [2.45, 2.75) is 43.8 Å². The summed E-state index contributed by atoms with van der Waals surface area (Å²) in [6.45, 7) is 3.77. The van der Waals surface area contributed by atoms with Gasteiger partial charge in [0, 0.05) is 18.7 Å². The zero-order valence-corrected chi connectivity index (χ0v) is 23.4. The highest BCUT2D eigenvalue weighted by atomic mass is 32.2. The van der Waals surface area contributed by atoms with Gasteiger partial charge in [0.15, 0.2) is 0 Å². The zero-order valence-electron chi connectivity index (χ0n) is 22.6. The zero-order chi connectivity index (χ0) is 27.8. The summed E-state index contributed by atoms with van der Waals surface area (Å²) in [6.07, 6.45) is 3.80. The average molecular weight is 554 g/mol. The third kappa shape index (κ3) is 6.79. The molecule has 0 bridgehead atoms. The quantitative estimate of drug-likeness (QED) is 0.262. The van der Waals surface area contributed by atoms with Crippen LogP contribution in [-0.4, -0.2) is 32.3 Å². The van der Waals surface area contributed by atoms with Gasteiger partial charge in [-0.2, -0.15) is 0 Å². The van der Waals surface area contributed by atoms with Crippen molar-refractivity contribution in [1.82, 2.24) is 10.2 Å². The molecule has 7 heteroatoms. The van der Waals surface area contributed by atoms with Gasteiger partial charge in [0.05, 0.1) is 17.1 Å². The lowest BCUT2D eigenvalue weighted by molar-refractivity contribution is 0.0950. The molecule has 1 amide bonds. The van der Waals surface area contributed by atoms with E-state index in [2.05, 4.69) is 28.4 Å². The number of benzene rings is 4. The summed E-state index contributed by atoms with van der Waals surface area (Å²) in [5.74, 6) is -0.156. The molecule has 0 aromatic heterocycles. The highest BCUT2D eigenvalue weighted by Crippen LogP contribution is 2.26. The van der Waals surface area contributed by atoms with Gasteiger partial charge >= 0.3 is 0 Å². The number of para-hydroxylation sites is 1. The molecule has 5 rings (SSSR count). The van der Waals surface area contributed by atoms with E-state index in [4.69, 9.17) is 0 Å². The van der Waals surface area contributed by atoms with Crippen LogP contribution in [0.1, 0.15) is 46.3 Å². The van der Waals surface area contributed by atoms with E-state index >= 15 is 0 Å². The smallest absolute Gasteiger partial charge is 0.264 e. The Bertz CT molecular complexity index is 1500. The van der Waals surface area contributed by atoms with Gasteiger partial charge in [0.25, 0.3) is 15.9 Å². The maximum Gasteiger partial charge on any atom is 0.264 e. The molecule has 0 atom stereocenters. The normalized spacial score (nSPS) is 14.0. The predicted molar refractivity (Wildman–Crippen MR) is 159 cm³/mol. The van der Waals surface area contributed by atoms with Crippen LogP contribution in [0, 0.1) is 0 Å². The van der Waals surface area contributed by atoms with Gasteiger partial charge in [-0.05, 0) is 79.0 Å². The van der Waals surface area contributed by atoms with Crippen LogP contribution in [0.4, 0.5) is 5.69 Å². The number of piperidine rings is 1. The van der Waals surface area contributed by atoms with Crippen LogP contribution in [0.25, 0.3) is 0 Å². The SMILES string of the molecule is O=C(NCc1ccccc1CN1CCCCC1)c1ccc(CN(c2ccccc2)S(=O)(=O)c2ccccc2)cc1. The number of amides is 1. The summed E-state index contributed by atoms with van der Waals surface area (Å²) in [5, 5.41) is 3.06. The number of carbonyl (C=O) groups is 1. The van der Waals surface area contributed by atoms with Crippen LogP contribution < -0.4 is 9.62 Å². The van der Waals surface area contributed by atoms with E-state index in [0.717, 1.165) is 30.8 Å². The molecule has 1 aliphatic rings. The van der Waals surface area contributed by atoms with Gasteiger partial charge in [-0.25, -0.2) is 8.42 Å². The third-order valence-electron chi connectivity index (χ3n) is 7.32. The van der Waals surface area contributed by atoms with E-state index in [9.17, 15) is 13.2 Å². The first-order valence-corrected chi connectivity index (χ1v) is 15.2. The molecule has 1 aliphatic heterocycles. The van der Waals surface area contributed by atoms with Gasteiger partial charge in [-0.15, -0.1) is 0 Å². The van der Waals surface area contributed by atoms with Crippen LogP contribution in [0.15, 0.2) is 114 Å². The lowest BCUT2D eigenvalue weighted by Crippen LogP contribution is -2.30. The molecule has 0 saturated carbocycles. The van der Waals surface area contributed by atoms with Crippen LogP contribution in [0.3, 0.4) is 0 Å². The van der Waals surface area contributed by atoms with Crippen molar-refractivity contribution >= 4 is 21.6 Å². The molecule has 1 N–H and O–H groups in total. The Kier molecular flexibility index (Phi) is 8.94. The van der Waals surface area contributed by atoms with Crippen molar-refractivity contribution in [3.8, 4) is 0 Å². The van der Waals surface area contributed by atoms with Crippen molar-refractivity contribution in [2.75, 3.05) is 17.4 Å². The van der Waals surface area contributed by atoms with Crippen LogP contribution in [-0.2, 0) is 29.7 Å². The minimum atomic E-state index is -3.78. The molecule has 0 unspecified atom stereocenters. The van der Waals surface area contributed by atoms with Crippen molar-refractivity contribution < 1.29 is 13.2 Å². The Morgan fingerprint density at radius 2 is 1.32 bits per heavy atom. The van der Waals surface area contributed by atoms with Gasteiger partial charge in [-0.3, -0.25) is 14.0 Å². The van der Waals surface area contributed by atoms with E-state index in [0.29, 0.717) is 17.8 Å². The molecule has 1 heterocycles. The summed E-state index contributed by atoms with van der Waals surface area (Å²) < 4.78 is 28.5. The maximum absolute atomic E-state index is 13.5. The Morgan fingerprint density at radius 1 is 0.725 bits per heavy atom. The van der Waals surface area contributed by atoms with Gasteiger partial charge < -0.3 is 5.32 Å². The Hall–Kier alpha value is -3.94. The number of carbonyl (C=O) groups excluding carboxylic acids is 1. The van der Waals surface area contributed by atoms with Crippen molar-refractivity contribution in [1.29, 1.82) is 0 Å². The fourth-order valence-electron chi connectivity index (χ4n) is 5.08. The summed E-state index contributed by atoms with van der Waals surface area (Å²) in [6, 6.07) is 32.9. The van der Waals surface area contributed by atoms with Crippen LogP contribution >= 0.6 is 0 Å². The second-order valence-electron chi connectivity index (χ2n) is 10.1. The minimum Gasteiger partial charge on any atom is -0.348 e. The highest BCUT2D eigenvalue weighted by molar-refractivity contribution is 7.92. The van der Waals surface area contributed by atoms with Gasteiger partial charge in [0.2, 0.25) is 0 Å². The fourth-order valence-corrected chi connectivity index (χ4v) is 6.55. The number of rotatable bonds is 10. The second kappa shape index (κ2) is 12.9. The molecular weight excluding hydrogens is 518 g/mol. The molecular formula is C33H35N3O3S. The summed E-state index contributed by atoms with van der Waals surface area (Å²) >= 11 is 0. The molecule has 0 aliphatic carbocycles. The molecule has 4 aromatic rings. The molecule has 1 saturated heterocycles. The number of hydrogen-bond donors (Lipinski definition) is 1. The molecule has 1 fully saturated rings. The summed E-state index contributed by atoms with van der Waals surface area (Å²) in [4.78, 5) is 15.7. The molecule has 40 heavy (non-hydrogen) atoms. The third-order valence-corrected chi connectivity index (χ3v) is 9.11. The van der Waals surface area contributed by atoms with E-state index in [1.807, 2.05) is 36.4 Å².